The van der Waals surface area contributed by atoms with Crippen LogP contribution in [-0.2, 0) is 12.7 Å². The number of hydrogen-bond donors (Lipinski definition) is 0. The van der Waals surface area contributed by atoms with Gasteiger partial charge in [-0.25, -0.2) is 4.98 Å². The van der Waals surface area contributed by atoms with E-state index in [0.717, 1.165) is 29.3 Å². The van der Waals surface area contributed by atoms with Gasteiger partial charge in [-0.2, -0.15) is 23.4 Å². The van der Waals surface area contributed by atoms with Gasteiger partial charge in [-0.15, -0.1) is 0 Å². The fourth-order valence-corrected chi connectivity index (χ4v) is 3.15. The van der Waals surface area contributed by atoms with Gasteiger partial charge in [0, 0.05) is 25.0 Å². The van der Waals surface area contributed by atoms with Crippen molar-refractivity contribution in [3.8, 4) is 11.1 Å². The zero-order valence-electron chi connectivity index (χ0n) is 14.5. The van der Waals surface area contributed by atoms with Gasteiger partial charge < -0.3 is 9.80 Å². The number of hydrogen-bond acceptors (Lipinski definition) is 5. The van der Waals surface area contributed by atoms with Crippen LogP contribution in [0.1, 0.15) is 11.3 Å². The predicted octanol–water partition coefficient (Wildman–Crippen LogP) is 3.97. The van der Waals surface area contributed by atoms with Crippen LogP contribution in [0, 0.1) is 0 Å². The molecule has 2 aromatic heterocycles. The van der Waals surface area contributed by atoms with Gasteiger partial charge in [0.2, 0.25) is 0 Å². The Kier molecular flexibility index (Phi) is 4.18. The number of pyridine rings is 1. The Balaban J connectivity index is 1.69. The minimum Gasteiger partial charge on any atom is -0.345 e. The lowest BCUT2D eigenvalue weighted by Crippen LogP contribution is -2.28. The van der Waals surface area contributed by atoms with E-state index in [1.165, 1.54) is 6.07 Å². The fourth-order valence-electron chi connectivity index (χ4n) is 3.15. The molecule has 0 radical (unpaired) electrons. The molecular weight excluding hydrogens is 355 g/mol. The number of halogens is 3. The van der Waals surface area contributed by atoms with E-state index in [2.05, 4.69) is 20.1 Å². The average Bonchev–Trinajstić information content (AvgIpc) is 2.97. The zero-order valence-corrected chi connectivity index (χ0v) is 14.5. The van der Waals surface area contributed by atoms with E-state index >= 15 is 0 Å². The van der Waals surface area contributed by atoms with Crippen LogP contribution in [0.2, 0.25) is 0 Å². The van der Waals surface area contributed by atoms with E-state index in [4.69, 9.17) is 0 Å². The summed E-state index contributed by atoms with van der Waals surface area (Å²) in [5.74, 6) is 0.787. The minimum atomic E-state index is -4.38. The summed E-state index contributed by atoms with van der Waals surface area (Å²) in [4.78, 5) is 8.53. The summed E-state index contributed by atoms with van der Waals surface area (Å²) in [5.41, 5.74) is 2.11. The summed E-state index contributed by atoms with van der Waals surface area (Å²) in [6, 6.07) is 10.9. The molecule has 138 valence electrons. The maximum absolute atomic E-state index is 13.0. The Morgan fingerprint density at radius 3 is 2.67 bits per heavy atom. The maximum Gasteiger partial charge on any atom is 0.416 e. The summed E-state index contributed by atoms with van der Waals surface area (Å²) in [6.07, 6.45) is -1.16. The second-order valence-electron chi connectivity index (χ2n) is 6.40. The first-order valence-electron chi connectivity index (χ1n) is 8.32. The third-order valence-corrected chi connectivity index (χ3v) is 4.44. The summed E-state index contributed by atoms with van der Waals surface area (Å²) in [6.45, 7) is 1.16. The Hall–Kier alpha value is -3.16. The summed E-state index contributed by atoms with van der Waals surface area (Å²) < 4.78 is 39.0. The molecule has 0 unspecified atom stereocenters. The first kappa shape index (κ1) is 17.3. The second kappa shape index (κ2) is 6.53. The Bertz CT molecular complexity index is 959. The van der Waals surface area contributed by atoms with Crippen LogP contribution in [0.5, 0.6) is 0 Å². The summed E-state index contributed by atoms with van der Waals surface area (Å²) >= 11 is 0. The monoisotopic (exact) mass is 371 g/mol. The molecule has 0 saturated carbocycles. The zero-order chi connectivity index (χ0) is 19.0. The maximum atomic E-state index is 13.0. The normalized spacial score (nSPS) is 13.8. The van der Waals surface area contributed by atoms with Gasteiger partial charge >= 0.3 is 6.18 Å². The van der Waals surface area contributed by atoms with Gasteiger partial charge in [0.15, 0.2) is 5.82 Å². The van der Waals surface area contributed by atoms with E-state index in [0.29, 0.717) is 24.3 Å². The van der Waals surface area contributed by atoms with Crippen molar-refractivity contribution in [1.29, 1.82) is 0 Å². The molecule has 0 spiro atoms. The van der Waals surface area contributed by atoms with Crippen molar-refractivity contribution >= 4 is 11.5 Å². The average molecular weight is 371 g/mol. The van der Waals surface area contributed by atoms with Gasteiger partial charge in [-0.1, -0.05) is 12.1 Å². The van der Waals surface area contributed by atoms with Crippen LogP contribution in [0.25, 0.3) is 11.1 Å². The Labute approximate surface area is 154 Å². The van der Waals surface area contributed by atoms with E-state index < -0.39 is 11.7 Å². The van der Waals surface area contributed by atoms with Crippen molar-refractivity contribution in [2.75, 3.05) is 23.5 Å². The lowest BCUT2D eigenvalue weighted by atomic mass is 10.0. The Morgan fingerprint density at radius 1 is 1.07 bits per heavy atom. The van der Waals surface area contributed by atoms with Crippen LogP contribution >= 0.6 is 0 Å². The number of fused-ring (bicyclic) bond motifs is 1. The van der Waals surface area contributed by atoms with E-state index in [-0.39, 0.29) is 0 Å². The molecule has 0 fully saturated rings. The molecule has 5 nitrogen and oxygen atoms in total. The van der Waals surface area contributed by atoms with E-state index in [1.54, 1.807) is 18.5 Å². The highest BCUT2D eigenvalue weighted by atomic mass is 19.4. The minimum absolute atomic E-state index is 0.481. The third-order valence-electron chi connectivity index (χ3n) is 4.44. The van der Waals surface area contributed by atoms with Gasteiger partial charge in [-0.05, 0) is 35.9 Å². The van der Waals surface area contributed by atoms with E-state index in [1.807, 2.05) is 30.1 Å². The number of anilines is 2. The molecule has 3 aromatic rings. The van der Waals surface area contributed by atoms with Gasteiger partial charge in [0.25, 0.3) is 0 Å². The standard InChI is InChI=1S/C19H16F3N5/c1-26-12-27(11-16-6-3-7-24-25-16)17-9-14(10-23-18(17)26)13-4-2-5-15(8-13)19(20,21)22/h2-10H,11-12H2,1H3. The van der Waals surface area contributed by atoms with Crippen molar-refractivity contribution in [3.05, 3.63) is 66.1 Å². The van der Waals surface area contributed by atoms with Crippen molar-refractivity contribution in [1.82, 2.24) is 15.2 Å². The van der Waals surface area contributed by atoms with Crippen molar-refractivity contribution < 1.29 is 13.2 Å². The second-order valence-corrected chi connectivity index (χ2v) is 6.40. The predicted molar refractivity (Wildman–Crippen MR) is 96.2 cm³/mol. The number of aromatic nitrogens is 3. The smallest absolute Gasteiger partial charge is 0.345 e. The Morgan fingerprint density at radius 2 is 1.93 bits per heavy atom. The van der Waals surface area contributed by atoms with Crippen LogP contribution in [0.4, 0.5) is 24.7 Å². The molecule has 8 heteroatoms. The molecule has 0 bridgehead atoms. The summed E-state index contributed by atoms with van der Waals surface area (Å²) in [7, 11) is 1.92. The van der Waals surface area contributed by atoms with Crippen molar-refractivity contribution in [3.63, 3.8) is 0 Å². The molecule has 0 saturated heterocycles. The lowest BCUT2D eigenvalue weighted by molar-refractivity contribution is -0.137. The van der Waals surface area contributed by atoms with Crippen LogP contribution in [0.15, 0.2) is 54.9 Å². The molecule has 1 aliphatic rings. The number of nitrogens with zero attached hydrogens (tertiary/aromatic N) is 5. The first-order valence-corrected chi connectivity index (χ1v) is 8.32. The van der Waals surface area contributed by atoms with Crippen molar-refractivity contribution in [2.45, 2.75) is 12.7 Å². The van der Waals surface area contributed by atoms with Crippen LogP contribution in [-0.4, -0.2) is 28.9 Å². The topological polar surface area (TPSA) is 45.2 Å². The van der Waals surface area contributed by atoms with Crippen LogP contribution in [0.3, 0.4) is 0 Å². The van der Waals surface area contributed by atoms with E-state index in [9.17, 15) is 13.2 Å². The molecule has 3 heterocycles. The molecule has 27 heavy (non-hydrogen) atoms. The highest BCUT2D eigenvalue weighted by molar-refractivity contribution is 5.78. The molecule has 4 rings (SSSR count). The number of benzene rings is 1. The van der Waals surface area contributed by atoms with Gasteiger partial charge in [-0.3, -0.25) is 0 Å². The molecule has 1 aliphatic heterocycles. The highest BCUT2D eigenvalue weighted by Gasteiger charge is 2.31. The molecule has 0 N–H and O–H groups in total. The fraction of sp³-hybridized carbons (Fsp3) is 0.211. The van der Waals surface area contributed by atoms with Crippen LogP contribution < -0.4 is 9.80 Å². The molecule has 0 atom stereocenters. The summed E-state index contributed by atoms with van der Waals surface area (Å²) in [5, 5.41) is 7.99. The molecule has 1 aromatic carbocycles. The highest BCUT2D eigenvalue weighted by Crippen LogP contribution is 2.38. The molecule has 0 aliphatic carbocycles. The molecule has 0 amide bonds. The largest absolute Gasteiger partial charge is 0.416 e. The number of rotatable bonds is 3. The SMILES string of the molecule is CN1CN(Cc2cccnn2)c2cc(-c3cccc(C(F)(F)F)c3)cnc21. The number of alkyl halides is 3. The van der Waals surface area contributed by atoms with Crippen molar-refractivity contribution in [2.24, 2.45) is 0 Å². The lowest BCUT2D eigenvalue weighted by Gasteiger charge is -2.18. The quantitative estimate of drug-likeness (QED) is 0.697. The first-order chi connectivity index (χ1) is 12.9. The van der Waals surface area contributed by atoms with Gasteiger partial charge in [0.1, 0.15) is 0 Å². The molecular formula is C19H16F3N5. The third kappa shape index (κ3) is 3.42. The van der Waals surface area contributed by atoms with Gasteiger partial charge in [0.05, 0.1) is 30.2 Å².